The van der Waals surface area contributed by atoms with E-state index in [0.29, 0.717) is 42.7 Å². The van der Waals surface area contributed by atoms with Gasteiger partial charge in [-0.3, -0.25) is 4.79 Å². The molecule has 0 aromatic heterocycles. The van der Waals surface area contributed by atoms with Gasteiger partial charge in [0.15, 0.2) is 0 Å². The maximum Gasteiger partial charge on any atom is 0.271 e. The van der Waals surface area contributed by atoms with Crippen molar-refractivity contribution >= 4 is 23.1 Å². The highest BCUT2D eigenvalue weighted by molar-refractivity contribution is 6.02. The number of nitrogens with one attached hydrogen (secondary N) is 1. The van der Waals surface area contributed by atoms with Gasteiger partial charge in [0.05, 0.1) is 30.7 Å². The Morgan fingerprint density at radius 3 is 2.14 bits per heavy atom. The van der Waals surface area contributed by atoms with Crippen LogP contribution in [0.5, 0.6) is 0 Å². The van der Waals surface area contributed by atoms with E-state index in [1.807, 2.05) is 66.4 Å². The molecule has 0 aliphatic carbocycles. The van der Waals surface area contributed by atoms with Crippen LogP contribution >= 0.6 is 0 Å². The summed E-state index contributed by atoms with van der Waals surface area (Å²) < 4.78 is 0. The van der Waals surface area contributed by atoms with Crippen LogP contribution in [0.3, 0.4) is 0 Å². The first-order valence-electron chi connectivity index (χ1n) is 11.1. The third-order valence-corrected chi connectivity index (χ3v) is 5.12. The van der Waals surface area contributed by atoms with Crippen LogP contribution in [0, 0.1) is 29.6 Å². The topological polar surface area (TPSA) is 117 Å². The van der Waals surface area contributed by atoms with Crippen molar-refractivity contribution in [3.8, 4) is 12.1 Å². The number of nitriles is 2. The van der Waals surface area contributed by atoms with Gasteiger partial charge in [-0.15, -0.1) is 15.3 Å². The molecule has 0 heterocycles. The van der Waals surface area contributed by atoms with Gasteiger partial charge in [0.25, 0.3) is 5.91 Å². The number of benzene rings is 3. The highest BCUT2D eigenvalue weighted by Crippen LogP contribution is 2.22. The number of rotatable bonds is 9. The lowest BCUT2D eigenvalue weighted by molar-refractivity contribution is 0.0955. The quantitative estimate of drug-likeness (QED) is 0.195. The van der Waals surface area contributed by atoms with E-state index in [-0.39, 0.29) is 11.7 Å². The molecule has 3 aromatic rings. The van der Waals surface area contributed by atoms with E-state index in [2.05, 4.69) is 32.9 Å². The fourth-order valence-electron chi connectivity index (χ4n) is 3.33. The Morgan fingerprint density at radius 2 is 1.54 bits per heavy atom. The molecule has 8 heteroatoms. The summed E-state index contributed by atoms with van der Waals surface area (Å²) in [7, 11) is 0. The third kappa shape index (κ3) is 7.34. The van der Waals surface area contributed by atoms with E-state index < -0.39 is 0 Å². The van der Waals surface area contributed by atoms with Crippen LogP contribution in [0.2, 0.25) is 0 Å². The van der Waals surface area contributed by atoms with Crippen molar-refractivity contribution in [1.82, 2.24) is 5.43 Å². The van der Waals surface area contributed by atoms with Gasteiger partial charge in [0.1, 0.15) is 0 Å². The molecule has 3 rings (SSSR count). The summed E-state index contributed by atoms with van der Waals surface area (Å²) in [4.78, 5) is 14.5. The van der Waals surface area contributed by atoms with E-state index in [0.717, 1.165) is 11.3 Å². The molecule has 0 saturated carbocycles. The monoisotopic (exact) mass is 463 g/mol. The second-order valence-electron chi connectivity index (χ2n) is 7.58. The molecule has 35 heavy (non-hydrogen) atoms. The van der Waals surface area contributed by atoms with Gasteiger partial charge in [-0.2, -0.15) is 10.5 Å². The highest BCUT2D eigenvalue weighted by atomic mass is 16.2. The number of azo groups is 1. The minimum absolute atomic E-state index is 0.253. The molecule has 1 N–H and O–H groups in total. The van der Waals surface area contributed by atoms with Crippen molar-refractivity contribution in [3.63, 3.8) is 0 Å². The summed E-state index contributed by atoms with van der Waals surface area (Å²) >= 11 is 0. The van der Waals surface area contributed by atoms with Crippen molar-refractivity contribution < 1.29 is 4.79 Å². The molecule has 0 radical (unpaired) electrons. The Bertz CT molecular complexity index is 1250. The minimum atomic E-state index is -0.355. The molecular weight excluding hydrogens is 438 g/mol. The number of amides is 1. The Labute approximate surface area is 204 Å². The molecule has 8 nitrogen and oxygen atoms in total. The van der Waals surface area contributed by atoms with Gasteiger partial charge < -0.3 is 4.90 Å². The van der Waals surface area contributed by atoms with Crippen LogP contribution in [-0.4, -0.2) is 24.8 Å². The molecule has 3 aromatic carbocycles. The van der Waals surface area contributed by atoms with Gasteiger partial charge >= 0.3 is 0 Å². The summed E-state index contributed by atoms with van der Waals surface area (Å²) in [5.41, 5.74) is 6.15. The molecule has 0 spiro atoms. The zero-order valence-electron chi connectivity index (χ0n) is 19.4. The summed E-state index contributed by atoms with van der Waals surface area (Å²) in [6.45, 7) is 2.97. The van der Waals surface area contributed by atoms with Gasteiger partial charge in [-0.1, -0.05) is 36.4 Å². The standard InChI is InChI=1S/C27H25N7O/c1-21-20-24(34(18-8-16-28)19-9-17-29)14-15-25(21)26(31-30-23-12-6-3-7-13-23)32-33-27(35)22-10-4-2-5-11-22/h2-7,10-15,20H,8-9,18-19H2,1H3,(H,33,35)/b31-30?,32-26+. The van der Waals surface area contributed by atoms with Crippen LogP contribution in [0.15, 0.2) is 94.2 Å². The van der Waals surface area contributed by atoms with E-state index in [4.69, 9.17) is 10.5 Å². The number of carbonyl (C=O) groups excluding carboxylic acids is 1. The Balaban J connectivity index is 1.92. The lowest BCUT2D eigenvalue weighted by atomic mass is 10.1. The molecule has 1 amide bonds. The Morgan fingerprint density at radius 1 is 0.914 bits per heavy atom. The largest absolute Gasteiger partial charge is 0.369 e. The lowest BCUT2D eigenvalue weighted by Gasteiger charge is -2.23. The fourth-order valence-corrected chi connectivity index (χ4v) is 3.33. The second-order valence-corrected chi connectivity index (χ2v) is 7.58. The number of aryl methyl sites for hydroxylation is 1. The maximum absolute atomic E-state index is 12.5. The van der Waals surface area contributed by atoms with Gasteiger partial charge in [-0.25, -0.2) is 5.43 Å². The van der Waals surface area contributed by atoms with Crippen LogP contribution in [-0.2, 0) is 0 Å². The SMILES string of the molecule is Cc1cc(N(CCC#N)CCC#N)ccc1/C(N=Nc1ccccc1)=N\NC(=O)c1ccccc1. The zero-order valence-corrected chi connectivity index (χ0v) is 19.4. The number of hydrogen-bond donors (Lipinski definition) is 1. The number of amidine groups is 1. The molecule has 0 atom stereocenters. The fraction of sp³-hybridized carbons (Fsp3) is 0.185. The van der Waals surface area contributed by atoms with Crippen molar-refractivity contribution in [2.45, 2.75) is 19.8 Å². The van der Waals surface area contributed by atoms with Crippen LogP contribution in [0.25, 0.3) is 0 Å². The second kappa shape index (κ2) is 13.0. The first-order valence-corrected chi connectivity index (χ1v) is 11.1. The molecule has 0 fully saturated rings. The predicted molar refractivity (Wildman–Crippen MR) is 135 cm³/mol. The Hall–Kier alpha value is -4.82. The predicted octanol–water partition coefficient (Wildman–Crippen LogP) is 5.50. The maximum atomic E-state index is 12.5. The molecule has 0 unspecified atom stereocenters. The summed E-state index contributed by atoms with van der Waals surface area (Å²) in [5.74, 6) is -0.103. The van der Waals surface area contributed by atoms with E-state index >= 15 is 0 Å². The van der Waals surface area contributed by atoms with Gasteiger partial charge in [0.2, 0.25) is 5.84 Å². The van der Waals surface area contributed by atoms with Crippen molar-refractivity contribution in [2.75, 3.05) is 18.0 Å². The highest BCUT2D eigenvalue weighted by Gasteiger charge is 2.13. The number of nitrogens with zero attached hydrogens (tertiary/aromatic N) is 6. The molecule has 0 aliphatic heterocycles. The average Bonchev–Trinajstić information content (AvgIpc) is 2.90. The van der Waals surface area contributed by atoms with Crippen molar-refractivity contribution in [1.29, 1.82) is 10.5 Å². The van der Waals surface area contributed by atoms with E-state index in [1.54, 1.807) is 24.3 Å². The average molecular weight is 464 g/mol. The first-order chi connectivity index (χ1) is 17.1. The molecule has 0 aliphatic rings. The lowest BCUT2D eigenvalue weighted by Crippen LogP contribution is -2.25. The van der Waals surface area contributed by atoms with Crippen molar-refractivity contribution in [2.24, 2.45) is 15.3 Å². The van der Waals surface area contributed by atoms with Gasteiger partial charge in [0, 0.05) is 29.9 Å². The van der Waals surface area contributed by atoms with E-state index in [9.17, 15) is 4.79 Å². The van der Waals surface area contributed by atoms with Crippen molar-refractivity contribution in [3.05, 3.63) is 95.6 Å². The normalized spacial score (nSPS) is 11.0. The number of carbonyl (C=O) groups is 1. The van der Waals surface area contributed by atoms with Crippen LogP contribution in [0.4, 0.5) is 11.4 Å². The molecule has 174 valence electrons. The molecule has 0 bridgehead atoms. The van der Waals surface area contributed by atoms with Crippen LogP contribution < -0.4 is 10.3 Å². The summed E-state index contributed by atoms with van der Waals surface area (Å²) in [5, 5.41) is 30.8. The summed E-state index contributed by atoms with van der Waals surface area (Å²) in [6.07, 6.45) is 0.714. The Kier molecular flexibility index (Phi) is 9.23. The zero-order chi connectivity index (χ0) is 24.9. The van der Waals surface area contributed by atoms with Crippen LogP contribution in [0.1, 0.15) is 34.3 Å². The number of hydrogen-bond acceptors (Lipinski definition) is 6. The smallest absolute Gasteiger partial charge is 0.271 e. The number of hydrazone groups is 1. The van der Waals surface area contributed by atoms with E-state index in [1.165, 1.54) is 0 Å². The minimum Gasteiger partial charge on any atom is -0.369 e. The third-order valence-electron chi connectivity index (χ3n) is 5.12. The number of anilines is 1. The molecule has 0 saturated heterocycles. The first kappa shape index (κ1) is 24.8. The molecular formula is C27H25N7O. The summed E-state index contributed by atoms with van der Waals surface area (Å²) in [6, 6.07) is 28.1. The van der Waals surface area contributed by atoms with Gasteiger partial charge in [-0.05, 0) is 55.0 Å².